The van der Waals surface area contributed by atoms with E-state index in [2.05, 4.69) is 17.2 Å². The van der Waals surface area contributed by atoms with E-state index in [-0.39, 0.29) is 6.61 Å². The standard InChI is InChI=1S/C9H9NO2S/c1-2-3-7-4-8(10-6-12)9(5-11)13-7/h4,6,11H,5H2,1H3,(H,10,12). The molecule has 0 spiro atoms. The molecule has 0 aliphatic rings. The first-order valence-electron chi connectivity index (χ1n) is 3.68. The average Bonchev–Trinajstić information content (AvgIpc) is 2.49. The van der Waals surface area contributed by atoms with Crippen LogP contribution in [0.25, 0.3) is 0 Å². The van der Waals surface area contributed by atoms with Gasteiger partial charge in [-0.15, -0.1) is 17.3 Å². The van der Waals surface area contributed by atoms with Crippen molar-refractivity contribution in [3.63, 3.8) is 0 Å². The summed E-state index contributed by atoms with van der Waals surface area (Å²) in [7, 11) is 0. The Kier molecular flexibility index (Phi) is 3.50. The smallest absolute Gasteiger partial charge is 0.211 e. The minimum absolute atomic E-state index is 0.0771. The molecule has 13 heavy (non-hydrogen) atoms. The molecule has 1 rings (SSSR count). The first-order chi connectivity index (χ1) is 6.31. The number of aliphatic hydroxyl groups is 1. The Morgan fingerprint density at radius 2 is 2.54 bits per heavy atom. The lowest BCUT2D eigenvalue weighted by Gasteiger charge is -1.94. The summed E-state index contributed by atoms with van der Waals surface area (Å²) in [5, 5.41) is 11.4. The molecule has 68 valence electrons. The number of aliphatic hydroxyl groups excluding tert-OH is 1. The number of hydrogen-bond donors (Lipinski definition) is 2. The van der Waals surface area contributed by atoms with Gasteiger partial charge in [0.1, 0.15) is 0 Å². The monoisotopic (exact) mass is 195 g/mol. The van der Waals surface area contributed by atoms with Gasteiger partial charge in [0.15, 0.2) is 0 Å². The van der Waals surface area contributed by atoms with E-state index in [1.54, 1.807) is 13.0 Å². The summed E-state index contributed by atoms with van der Waals surface area (Å²) in [5.41, 5.74) is 0.639. The average molecular weight is 195 g/mol. The molecule has 0 radical (unpaired) electrons. The summed E-state index contributed by atoms with van der Waals surface area (Å²) in [5.74, 6) is 5.62. The van der Waals surface area contributed by atoms with Gasteiger partial charge in [-0.25, -0.2) is 0 Å². The second-order valence-electron chi connectivity index (χ2n) is 2.24. The van der Waals surface area contributed by atoms with Gasteiger partial charge < -0.3 is 10.4 Å². The quantitative estimate of drug-likeness (QED) is 0.562. The Labute approximate surface area is 80.4 Å². The highest BCUT2D eigenvalue weighted by atomic mass is 32.1. The molecular weight excluding hydrogens is 186 g/mol. The Morgan fingerprint density at radius 3 is 3.08 bits per heavy atom. The zero-order chi connectivity index (χ0) is 9.68. The van der Waals surface area contributed by atoms with Crippen LogP contribution < -0.4 is 5.32 Å². The fraction of sp³-hybridized carbons (Fsp3) is 0.222. The minimum Gasteiger partial charge on any atom is -0.391 e. The molecule has 0 saturated carbocycles. The Balaban J connectivity index is 3.00. The molecule has 3 nitrogen and oxygen atoms in total. The Hall–Kier alpha value is -1.31. The number of rotatable bonds is 3. The number of carbonyl (C=O) groups is 1. The van der Waals surface area contributed by atoms with Crippen LogP contribution in [-0.2, 0) is 11.4 Å². The third-order valence-corrected chi connectivity index (χ3v) is 2.45. The largest absolute Gasteiger partial charge is 0.391 e. The predicted molar refractivity (Wildman–Crippen MR) is 52.5 cm³/mol. The third kappa shape index (κ3) is 2.31. The highest BCUT2D eigenvalue weighted by Gasteiger charge is 2.05. The predicted octanol–water partition coefficient (Wildman–Crippen LogP) is 1.18. The van der Waals surface area contributed by atoms with Crippen LogP contribution in [0.5, 0.6) is 0 Å². The van der Waals surface area contributed by atoms with Crippen molar-refractivity contribution < 1.29 is 9.90 Å². The minimum atomic E-state index is -0.0771. The van der Waals surface area contributed by atoms with Crippen molar-refractivity contribution in [2.45, 2.75) is 13.5 Å². The maximum Gasteiger partial charge on any atom is 0.211 e. The molecule has 0 saturated heterocycles. The van der Waals surface area contributed by atoms with Crippen LogP contribution in [0, 0.1) is 11.8 Å². The van der Waals surface area contributed by atoms with Crippen LogP contribution >= 0.6 is 11.3 Å². The van der Waals surface area contributed by atoms with Crippen LogP contribution in [0.2, 0.25) is 0 Å². The summed E-state index contributed by atoms with van der Waals surface area (Å²) >= 11 is 1.38. The van der Waals surface area contributed by atoms with Gasteiger partial charge in [-0.2, -0.15) is 0 Å². The van der Waals surface area contributed by atoms with Crippen molar-refractivity contribution in [1.82, 2.24) is 0 Å². The fourth-order valence-corrected chi connectivity index (χ4v) is 1.80. The number of hydrogen-bond acceptors (Lipinski definition) is 3. The molecule has 0 unspecified atom stereocenters. The summed E-state index contributed by atoms with van der Waals surface area (Å²) in [6.45, 7) is 1.66. The molecule has 4 heteroatoms. The van der Waals surface area contributed by atoms with Crippen molar-refractivity contribution in [2.24, 2.45) is 0 Å². The normalized spacial score (nSPS) is 8.77. The number of carbonyl (C=O) groups excluding carboxylic acids is 1. The second kappa shape index (κ2) is 4.65. The van der Waals surface area contributed by atoms with Crippen molar-refractivity contribution in [3.05, 3.63) is 15.8 Å². The van der Waals surface area contributed by atoms with Gasteiger partial charge >= 0.3 is 0 Å². The van der Waals surface area contributed by atoms with Gasteiger partial charge in [0, 0.05) is 0 Å². The highest BCUT2D eigenvalue weighted by molar-refractivity contribution is 7.13. The zero-order valence-corrected chi connectivity index (χ0v) is 7.94. The molecule has 2 N–H and O–H groups in total. The van der Waals surface area contributed by atoms with Gasteiger partial charge in [-0.3, -0.25) is 4.79 Å². The lowest BCUT2D eigenvalue weighted by Crippen LogP contribution is -1.94. The highest BCUT2D eigenvalue weighted by Crippen LogP contribution is 2.26. The summed E-state index contributed by atoms with van der Waals surface area (Å²) in [6, 6.07) is 1.75. The topological polar surface area (TPSA) is 49.3 Å². The van der Waals surface area contributed by atoms with Crippen LogP contribution in [0.4, 0.5) is 5.69 Å². The van der Waals surface area contributed by atoms with E-state index >= 15 is 0 Å². The first kappa shape index (κ1) is 9.78. The van der Waals surface area contributed by atoms with E-state index in [1.807, 2.05) is 0 Å². The maximum atomic E-state index is 10.2. The van der Waals surface area contributed by atoms with Crippen molar-refractivity contribution in [2.75, 3.05) is 5.32 Å². The van der Waals surface area contributed by atoms with Crippen LogP contribution in [-0.4, -0.2) is 11.5 Å². The summed E-state index contributed by atoms with van der Waals surface area (Å²) in [4.78, 5) is 11.8. The van der Waals surface area contributed by atoms with Crippen LogP contribution in [0.1, 0.15) is 16.7 Å². The van der Waals surface area contributed by atoms with E-state index in [1.165, 1.54) is 11.3 Å². The number of thiophene rings is 1. The number of nitrogens with one attached hydrogen (secondary N) is 1. The molecule has 1 aromatic heterocycles. The van der Waals surface area contributed by atoms with Crippen molar-refractivity contribution >= 4 is 23.4 Å². The van der Waals surface area contributed by atoms with Crippen molar-refractivity contribution in [1.29, 1.82) is 0 Å². The van der Waals surface area contributed by atoms with E-state index in [4.69, 9.17) is 5.11 Å². The second-order valence-corrected chi connectivity index (χ2v) is 3.38. The molecule has 0 bridgehead atoms. The molecule has 0 fully saturated rings. The SMILES string of the molecule is CC#Cc1cc(NC=O)c(CO)s1. The molecule has 0 atom stereocenters. The summed E-state index contributed by atoms with van der Waals surface area (Å²) < 4.78 is 0. The fourth-order valence-electron chi connectivity index (χ4n) is 0.917. The Morgan fingerprint density at radius 1 is 1.77 bits per heavy atom. The number of anilines is 1. The first-order valence-corrected chi connectivity index (χ1v) is 4.50. The molecule has 0 aliphatic carbocycles. The van der Waals surface area contributed by atoms with E-state index in [0.717, 1.165) is 9.75 Å². The molecule has 1 heterocycles. The molecular formula is C9H9NO2S. The molecule has 1 amide bonds. The van der Waals surface area contributed by atoms with E-state index in [9.17, 15) is 4.79 Å². The molecule has 0 aliphatic heterocycles. The number of amides is 1. The lowest BCUT2D eigenvalue weighted by molar-refractivity contribution is -0.105. The summed E-state index contributed by atoms with van der Waals surface area (Å²) in [6.07, 6.45) is 0.588. The van der Waals surface area contributed by atoms with Gasteiger partial charge in [0.25, 0.3) is 0 Å². The maximum absolute atomic E-state index is 10.2. The molecule has 0 aromatic carbocycles. The van der Waals surface area contributed by atoms with E-state index < -0.39 is 0 Å². The molecule has 1 aromatic rings. The van der Waals surface area contributed by atoms with E-state index in [0.29, 0.717) is 12.1 Å². The third-order valence-electron chi connectivity index (χ3n) is 1.42. The van der Waals surface area contributed by atoms with Crippen molar-refractivity contribution in [3.8, 4) is 11.8 Å². The van der Waals surface area contributed by atoms with Crippen LogP contribution in [0.3, 0.4) is 0 Å². The Bertz CT molecular complexity index is 359. The van der Waals surface area contributed by atoms with Gasteiger partial charge in [0.05, 0.1) is 22.0 Å². The zero-order valence-electron chi connectivity index (χ0n) is 7.13. The van der Waals surface area contributed by atoms with Crippen LogP contribution in [0.15, 0.2) is 6.07 Å². The lowest BCUT2D eigenvalue weighted by atomic mass is 10.3. The van der Waals surface area contributed by atoms with Gasteiger partial charge in [0.2, 0.25) is 6.41 Å². The van der Waals surface area contributed by atoms with Gasteiger partial charge in [-0.05, 0) is 13.0 Å². The van der Waals surface area contributed by atoms with Gasteiger partial charge in [-0.1, -0.05) is 5.92 Å².